The number of nitrogens with zero attached hydrogens (tertiary/aromatic N) is 1. The first-order valence-electron chi connectivity index (χ1n) is 8.03. The number of fused-ring (bicyclic) bond motifs is 1. The highest BCUT2D eigenvalue weighted by Crippen LogP contribution is 2.33. The lowest BCUT2D eigenvalue weighted by Gasteiger charge is -2.20. The minimum atomic E-state index is -3.61. The molecule has 10 nitrogen and oxygen atoms in total. The summed E-state index contributed by atoms with van der Waals surface area (Å²) in [6.45, 7) is -0.105. The van der Waals surface area contributed by atoms with Crippen molar-refractivity contribution in [2.24, 2.45) is 0 Å². The normalized spacial score (nSPS) is 13.3. The van der Waals surface area contributed by atoms with Crippen LogP contribution in [-0.4, -0.2) is 33.2 Å². The third-order valence-electron chi connectivity index (χ3n) is 4.01. The number of esters is 1. The number of carbonyl (C=O) groups is 1. The van der Waals surface area contributed by atoms with E-state index in [2.05, 4.69) is 4.72 Å². The standard InChI is InChI=1S/C17H16N2O8S/c1-18-28(23,24)15-4-2-11(3-5-15)17(20)26-9-13-7-14(19(21)22)6-12-8-25-10-27-16(12)13/h2-7,18H,8-10H2,1H3. The summed E-state index contributed by atoms with van der Waals surface area (Å²) in [6, 6.07) is 7.82. The Morgan fingerprint density at radius 3 is 2.64 bits per heavy atom. The summed E-state index contributed by atoms with van der Waals surface area (Å²) >= 11 is 0. The summed E-state index contributed by atoms with van der Waals surface area (Å²) in [4.78, 5) is 22.8. The van der Waals surface area contributed by atoms with Crippen LogP contribution < -0.4 is 9.46 Å². The number of nitrogens with one attached hydrogen (secondary N) is 1. The van der Waals surface area contributed by atoms with Gasteiger partial charge in [-0.3, -0.25) is 10.1 Å². The highest BCUT2D eigenvalue weighted by molar-refractivity contribution is 7.89. The molecule has 2 aromatic rings. The topological polar surface area (TPSA) is 134 Å². The second kappa shape index (κ2) is 7.92. The fourth-order valence-electron chi connectivity index (χ4n) is 2.61. The zero-order valence-corrected chi connectivity index (χ0v) is 15.5. The molecule has 1 heterocycles. The minimum Gasteiger partial charge on any atom is -0.467 e. The van der Waals surface area contributed by atoms with E-state index in [1.54, 1.807) is 0 Å². The molecule has 0 fully saturated rings. The Bertz CT molecular complexity index is 1020. The molecule has 0 saturated heterocycles. The Labute approximate surface area is 160 Å². The van der Waals surface area contributed by atoms with E-state index in [0.717, 1.165) is 0 Å². The molecule has 0 unspecified atom stereocenters. The van der Waals surface area contributed by atoms with Gasteiger partial charge in [-0.25, -0.2) is 17.9 Å². The van der Waals surface area contributed by atoms with Crippen LogP contribution in [0, 0.1) is 10.1 Å². The third kappa shape index (κ3) is 4.11. The lowest BCUT2D eigenvalue weighted by atomic mass is 10.1. The van der Waals surface area contributed by atoms with Gasteiger partial charge in [0.2, 0.25) is 10.0 Å². The number of nitro benzene ring substituents is 1. The van der Waals surface area contributed by atoms with Gasteiger partial charge >= 0.3 is 5.97 Å². The van der Waals surface area contributed by atoms with Crippen LogP contribution in [0.25, 0.3) is 0 Å². The molecule has 0 spiro atoms. The molecule has 0 atom stereocenters. The lowest BCUT2D eigenvalue weighted by Crippen LogP contribution is -2.18. The monoisotopic (exact) mass is 408 g/mol. The van der Waals surface area contributed by atoms with Crippen LogP contribution >= 0.6 is 0 Å². The summed E-state index contributed by atoms with van der Waals surface area (Å²) in [5.41, 5.74) is 0.808. The van der Waals surface area contributed by atoms with Crippen molar-refractivity contribution in [1.29, 1.82) is 0 Å². The zero-order valence-electron chi connectivity index (χ0n) is 14.7. The molecule has 0 aliphatic carbocycles. The van der Waals surface area contributed by atoms with Crippen molar-refractivity contribution in [3.63, 3.8) is 0 Å². The van der Waals surface area contributed by atoms with Crippen molar-refractivity contribution in [3.8, 4) is 5.75 Å². The first-order chi connectivity index (χ1) is 13.3. The lowest BCUT2D eigenvalue weighted by molar-refractivity contribution is -0.385. The maximum atomic E-state index is 12.2. The van der Waals surface area contributed by atoms with Crippen LogP contribution in [0.2, 0.25) is 0 Å². The first-order valence-corrected chi connectivity index (χ1v) is 9.51. The molecule has 148 valence electrons. The second-order valence-corrected chi connectivity index (χ2v) is 7.66. The van der Waals surface area contributed by atoms with Crippen molar-refractivity contribution in [2.75, 3.05) is 13.8 Å². The molecule has 1 aliphatic heterocycles. The summed E-state index contributed by atoms with van der Waals surface area (Å²) in [7, 11) is -2.33. The fourth-order valence-corrected chi connectivity index (χ4v) is 3.34. The van der Waals surface area contributed by atoms with Crippen LogP contribution in [0.4, 0.5) is 5.69 Å². The fraction of sp³-hybridized carbons (Fsp3) is 0.235. The van der Waals surface area contributed by atoms with Gasteiger partial charge in [0.15, 0.2) is 6.79 Å². The molecule has 1 N–H and O–H groups in total. The van der Waals surface area contributed by atoms with Crippen molar-refractivity contribution < 1.29 is 32.3 Å². The van der Waals surface area contributed by atoms with Gasteiger partial charge in [0.25, 0.3) is 5.69 Å². The number of sulfonamides is 1. The van der Waals surface area contributed by atoms with Crippen molar-refractivity contribution in [2.45, 2.75) is 18.1 Å². The minimum absolute atomic E-state index is 0.00679. The van der Waals surface area contributed by atoms with Gasteiger partial charge in [-0.15, -0.1) is 0 Å². The van der Waals surface area contributed by atoms with E-state index in [-0.39, 0.29) is 36.2 Å². The molecular formula is C17H16N2O8S. The number of carbonyl (C=O) groups excluding carboxylic acids is 1. The number of rotatable bonds is 6. The van der Waals surface area contributed by atoms with Gasteiger partial charge < -0.3 is 14.2 Å². The first kappa shape index (κ1) is 19.7. The highest BCUT2D eigenvalue weighted by Gasteiger charge is 2.22. The van der Waals surface area contributed by atoms with E-state index in [1.165, 1.54) is 43.4 Å². The Hall–Kier alpha value is -3.02. The number of ether oxygens (including phenoxy) is 3. The molecule has 28 heavy (non-hydrogen) atoms. The maximum absolute atomic E-state index is 12.2. The molecular weight excluding hydrogens is 392 g/mol. The molecule has 0 radical (unpaired) electrons. The molecule has 1 aliphatic rings. The van der Waals surface area contributed by atoms with E-state index in [0.29, 0.717) is 16.9 Å². The highest BCUT2D eigenvalue weighted by atomic mass is 32.2. The quantitative estimate of drug-likeness (QED) is 0.434. The molecule has 3 rings (SSSR count). The van der Waals surface area contributed by atoms with Crippen molar-refractivity contribution >= 4 is 21.7 Å². The Kier molecular flexibility index (Phi) is 5.58. The second-order valence-electron chi connectivity index (χ2n) is 5.77. The Morgan fingerprint density at radius 2 is 2.00 bits per heavy atom. The van der Waals surface area contributed by atoms with E-state index >= 15 is 0 Å². The molecule has 0 saturated carbocycles. The van der Waals surface area contributed by atoms with Crippen LogP contribution in [-0.2, 0) is 32.7 Å². The molecule has 0 aromatic heterocycles. The maximum Gasteiger partial charge on any atom is 0.338 e. The van der Waals surface area contributed by atoms with Crippen LogP contribution in [0.5, 0.6) is 5.75 Å². The summed E-state index contributed by atoms with van der Waals surface area (Å²) in [6.07, 6.45) is 0. The molecule has 11 heteroatoms. The van der Waals surface area contributed by atoms with E-state index < -0.39 is 20.9 Å². The van der Waals surface area contributed by atoms with Crippen LogP contribution in [0.3, 0.4) is 0 Å². The zero-order chi connectivity index (χ0) is 20.3. The third-order valence-corrected chi connectivity index (χ3v) is 5.44. The average Bonchev–Trinajstić information content (AvgIpc) is 2.71. The summed E-state index contributed by atoms with van der Waals surface area (Å²) in [5, 5.41) is 11.1. The van der Waals surface area contributed by atoms with E-state index in [4.69, 9.17) is 14.2 Å². The van der Waals surface area contributed by atoms with Crippen molar-refractivity contribution in [3.05, 3.63) is 63.2 Å². The van der Waals surface area contributed by atoms with E-state index in [9.17, 15) is 23.3 Å². The average molecular weight is 408 g/mol. The van der Waals surface area contributed by atoms with E-state index in [1.807, 2.05) is 0 Å². The van der Waals surface area contributed by atoms with Gasteiger partial charge in [-0.1, -0.05) is 0 Å². The SMILES string of the molecule is CNS(=O)(=O)c1ccc(C(=O)OCc2cc([N+](=O)[O-])cc3c2OCOC3)cc1. The number of benzene rings is 2. The number of hydrogen-bond donors (Lipinski definition) is 1. The predicted molar refractivity (Wildman–Crippen MR) is 95.2 cm³/mol. The largest absolute Gasteiger partial charge is 0.467 e. The van der Waals surface area contributed by atoms with Gasteiger partial charge in [-0.2, -0.15) is 0 Å². The van der Waals surface area contributed by atoms with Gasteiger partial charge in [0.05, 0.1) is 22.0 Å². The van der Waals surface area contributed by atoms with Crippen LogP contribution in [0.15, 0.2) is 41.3 Å². The summed E-state index contributed by atoms with van der Waals surface area (Å²) < 4.78 is 41.3. The molecule has 2 aromatic carbocycles. The number of nitro groups is 1. The van der Waals surface area contributed by atoms with Gasteiger partial charge in [0, 0.05) is 23.3 Å². The summed E-state index contributed by atoms with van der Waals surface area (Å²) in [5.74, 6) is -0.319. The number of non-ortho nitro benzene ring substituents is 1. The van der Waals surface area contributed by atoms with Gasteiger partial charge in [-0.05, 0) is 31.3 Å². The van der Waals surface area contributed by atoms with Gasteiger partial charge in [0.1, 0.15) is 12.4 Å². The molecule has 0 amide bonds. The Balaban J connectivity index is 1.77. The van der Waals surface area contributed by atoms with Crippen LogP contribution in [0.1, 0.15) is 21.5 Å². The van der Waals surface area contributed by atoms with Crippen molar-refractivity contribution in [1.82, 2.24) is 4.72 Å². The smallest absolute Gasteiger partial charge is 0.338 e. The Morgan fingerprint density at radius 1 is 1.29 bits per heavy atom. The predicted octanol–water partition coefficient (Wildman–Crippen LogP) is 1.73. The molecule has 0 bridgehead atoms. The number of hydrogen-bond acceptors (Lipinski definition) is 8.